The van der Waals surface area contributed by atoms with E-state index in [1.165, 1.54) is 0 Å². The summed E-state index contributed by atoms with van der Waals surface area (Å²) in [6.45, 7) is 6.47. The number of nitrogens with one attached hydrogen (secondary N) is 2. The summed E-state index contributed by atoms with van der Waals surface area (Å²) in [6.07, 6.45) is -3.29. The van der Waals surface area contributed by atoms with Crippen molar-refractivity contribution >= 4 is 17.6 Å². The Morgan fingerprint density at radius 1 is 0.950 bits per heavy atom. The van der Waals surface area contributed by atoms with Gasteiger partial charge in [-0.3, -0.25) is 14.5 Å². The average Bonchev–Trinajstić information content (AvgIpc) is 3.34. The van der Waals surface area contributed by atoms with Gasteiger partial charge in [0.2, 0.25) is 0 Å². The lowest BCUT2D eigenvalue weighted by Gasteiger charge is -2.09. The summed E-state index contributed by atoms with van der Waals surface area (Å²) in [6, 6.07) is 25.6. The van der Waals surface area contributed by atoms with Crippen LogP contribution in [-0.4, -0.2) is 37.9 Å². The molecule has 0 spiro atoms. The van der Waals surface area contributed by atoms with E-state index < -0.39 is 12.1 Å². The molecule has 0 saturated carbocycles. The molecule has 210 valence electrons. The number of nitrogens with zero attached hydrogens (tertiary/aromatic N) is 3. The monoisotopic (exact) mass is 553 g/mol. The van der Waals surface area contributed by atoms with E-state index in [-0.39, 0.29) is 5.91 Å². The maximum absolute atomic E-state index is 12.9. The Labute approximate surface area is 229 Å². The third-order valence-electron chi connectivity index (χ3n) is 5.44. The fourth-order valence-electron chi connectivity index (χ4n) is 3.59. The highest BCUT2D eigenvalue weighted by Crippen LogP contribution is 2.22. The van der Waals surface area contributed by atoms with E-state index in [9.17, 15) is 18.0 Å². The summed E-state index contributed by atoms with van der Waals surface area (Å²) in [5, 5.41) is 18.1. The molecule has 0 aliphatic rings. The summed E-state index contributed by atoms with van der Waals surface area (Å²) in [4.78, 5) is 26.1. The third-order valence-corrected chi connectivity index (χ3v) is 5.44. The van der Waals surface area contributed by atoms with Crippen LogP contribution in [0.1, 0.15) is 35.6 Å². The Morgan fingerprint density at radius 3 is 2.17 bits per heavy atom. The minimum atomic E-state index is -5.08. The molecule has 4 rings (SSSR count). The van der Waals surface area contributed by atoms with E-state index in [0.29, 0.717) is 18.2 Å². The first kappa shape index (κ1) is 30.0. The van der Waals surface area contributed by atoms with Gasteiger partial charge in [0.25, 0.3) is 5.91 Å². The molecule has 1 amide bonds. The zero-order valence-electron chi connectivity index (χ0n) is 22.0. The van der Waals surface area contributed by atoms with Crippen molar-refractivity contribution in [3.8, 4) is 11.3 Å². The van der Waals surface area contributed by atoms with E-state index in [0.717, 1.165) is 41.3 Å². The van der Waals surface area contributed by atoms with Crippen LogP contribution < -0.4 is 10.6 Å². The number of aliphatic carboxylic acids is 1. The summed E-state index contributed by atoms with van der Waals surface area (Å²) in [7, 11) is 0. The molecule has 0 fully saturated rings. The third kappa shape index (κ3) is 9.35. The maximum Gasteiger partial charge on any atom is 0.490 e. The van der Waals surface area contributed by atoms with E-state index >= 15 is 0 Å². The number of rotatable bonds is 9. The highest BCUT2D eigenvalue weighted by molar-refractivity contribution is 6.03. The normalized spacial score (nSPS) is 11.1. The van der Waals surface area contributed by atoms with Crippen molar-refractivity contribution in [2.24, 2.45) is 5.92 Å². The molecule has 0 radical (unpaired) electrons. The van der Waals surface area contributed by atoms with Gasteiger partial charge in [0.05, 0.1) is 11.4 Å². The van der Waals surface area contributed by atoms with Crippen LogP contribution in [0.5, 0.6) is 0 Å². The van der Waals surface area contributed by atoms with E-state index in [4.69, 9.17) is 9.90 Å². The van der Waals surface area contributed by atoms with Crippen molar-refractivity contribution in [2.75, 3.05) is 5.32 Å². The number of hydrogen-bond donors (Lipinski definition) is 3. The Kier molecular flexibility index (Phi) is 10.5. The van der Waals surface area contributed by atoms with Gasteiger partial charge in [-0.05, 0) is 47.4 Å². The predicted molar refractivity (Wildman–Crippen MR) is 145 cm³/mol. The van der Waals surface area contributed by atoms with Crippen LogP contribution in [0, 0.1) is 5.92 Å². The number of carboxylic acids is 1. The highest BCUT2D eigenvalue weighted by atomic mass is 19.4. The lowest BCUT2D eigenvalue weighted by Crippen LogP contribution is -2.21. The fraction of sp³-hybridized carbons (Fsp3) is 0.241. The van der Waals surface area contributed by atoms with Crippen LogP contribution >= 0.6 is 0 Å². The first-order chi connectivity index (χ1) is 19.0. The standard InChI is InChI=1S/C27H29N5O.C2HF3O2/c1-20(2)19-32-26(22-8-4-3-5-9-22)16-25(31-32)27(33)30-23-13-11-21(12-14-23)17-28-18-24-10-6-7-15-29-24;3-2(4,5)1(6)7/h3-16,20,28H,17-19H2,1-2H3,(H,30,33);(H,6,7). The number of carboxylic acid groups (broad SMARTS) is 1. The summed E-state index contributed by atoms with van der Waals surface area (Å²) < 4.78 is 33.7. The Morgan fingerprint density at radius 2 is 1.60 bits per heavy atom. The zero-order valence-corrected chi connectivity index (χ0v) is 22.0. The van der Waals surface area contributed by atoms with E-state index in [2.05, 4.69) is 34.6 Å². The lowest BCUT2D eigenvalue weighted by atomic mass is 10.1. The molecule has 0 unspecified atom stereocenters. The van der Waals surface area contributed by atoms with Crippen LogP contribution in [0.4, 0.5) is 18.9 Å². The molecular formula is C29H30F3N5O3. The molecule has 2 aromatic heterocycles. The highest BCUT2D eigenvalue weighted by Gasteiger charge is 2.38. The van der Waals surface area contributed by atoms with Gasteiger partial charge >= 0.3 is 12.1 Å². The quantitative estimate of drug-likeness (QED) is 0.243. The molecule has 4 aromatic rings. The van der Waals surface area contributed by atoms with Gasteiger partial charge in [-0.1, -0.05) is 62.4 Å². The second-order valence-corrected chi connectivity index (χ2v) is 9.24. The van der Waals surface area contributed by atoms with Gasteiger partial charge in [-0.15, -0.1) is 0 Å². The minimum absolute atomic E-state index is 0.212. The van der Waals surface area contributed by atoms with Crippen molar-refractivity contribution < 1.29 is 27.9 Å². The van der Waals surface area contributed by atoms with Crippen LogP contribution in [-0.2, 0) is 24.4 Å². The van der Waals surface area contributed by atoms with Crippen molar-refractivity contribution in [2.45, 2.75) is 39.7 Å². The molecule has 40 heavy (non-hydrogen) atoms. The molecule has 0 bridgehead atoms. The maximum atomic E-state index is 12.9. The number of halogens is 3. The number of carbonyl (C=O) groups excluding carboxylic acids is 1. The number of pyridine rings is 1. The largest absolute Gasteiger partial charge is 0.490 e. The van der Waals surface area contributed by atoms with Crippen molar-refractivity contribution in [3.05, 3.63) is 102 Å². The van der Waals surface area contributed by atoms with Gasteiger partial charge in [0.15, 0.2) is 5.69 Å². The van der Waals surface area contributed by atoms with Crippen LogP contribution in [0.15, 0.2) is 85.1 Å². The van der Waals surface area contributed by atoms with Crippen LogP contribution in [0.3, 0.4) is 0 Å². The Hall–Kier alpha value is -4.51. The number of benzene rings is 2. The topological polar surface area (TPSA) is 109 Å². The smallest absolute Gasteiger partial charge is 0.475 e. The van der Waals surface area contributed by atoms with Crippen molar-refractivity contribution in [1.82, 2.24) is 20.1 Å². The molecule has 8 nitrogen and oxygen atoms in total. The average molecular weight is 554 g/mol. The second-order valence-electron chi connectivity index (χ2n) is 9.24. The number of aromatic nitrogens is 3. The van der Waals surface area contributed by atoms with Crippen LogP contribution in [0.25, 0.3) is 11.3 Å². The Balaban J connectivity index is 0.000000559. The molecule has 0 aliphatic heterocycles. The van der Waals surface area contributed by atoms with Crippen LogP contribution in [0.2, 0.25) is 0 Å². The molecule has 11 heteroatoms. The molecule has 2 heterocycles. The lowest BCUT2D eigenvalue weighted by molar-refractivity contribution is -0.192. The number of carbonyl (C=O) groups is 2. The Bertz CT molecular complexity index is 1370. The summed E-state index contributed by atoms with van der Waals surface area (Å²) >= 11 is 0. The number of anilines is 1. The molecule has 0 aliphatic carbocycles. The molecule has 0 atom stereocenters. The summed E-state index contributed by atoms with van der Waals surface area (Å²) in [5.41, 5.74) is 5.30. The van der Waals surface area contributed by atoms with Gasteiger partial charge < -0.3 is 15.7 Å². The van der Waals surface area contributed by atoms with E-state index in [1.54, 1.807) is 6.20 Å². The zero-order chi connectivity index (χ0) is 29.1. The molecule has 2 aromatic carbocycles. The fourth-order valence-corrected chi connectivity index (χ4v) is 3.59. The first-order valence-corrected chi connectivity index (χ1v) is 12.5. The van der Waals surface area contributed by atoms with Gasteiger partial charge in [0, 0.05) is 31.5 Å². The molecular weight excluding hydrogens is 523 g/mol. The SMILES string of the molecule is CC(C)Cn1nc(C(=O)Nc2ccc(CNCc3ccccn3)cc2)cc1-c1ccccc1.O=C(O)C(F)(F)F. The minimum Gasteiger partial charge on any atom is -0.475 e. The van der Waals surface area contributed by atoms with E-state index in [1.807, 2.05) is 83.5 Å². The van der Waals surface area contributed by atoms with Gasteiger partial charge in [-0.25, -0.2) is 4.79 Å². The summed E-state index contributed by atoms with van der Waals surface area (Å²) in [5.74, 6) is -2.55. The van der Waals surface area contributed by atoms with Gasteiger partial charge in [-0.2, -0.15) is 18.3 Å². The van der Waals surface area contributed by atoms with Crippen molar-refractivity contribution in [3.63, 3.8) is 0 Å². The van der Waals surface area contributed by atoms with Crippen molar-refractivity contribution in [1.29, 1.82) is 0 Å². The second kappa shape index (κ2) is 14.0. The number of alkyl halides is 3. The predicted octanol–water partition coefficient (Wildman–Crippen LogP) is 5.78. The number of amides is 1. The van der Waals surface area contributed by atoms with Gasteiger partial charge in [0.1, 0.15) is 0 Å². The molecule has 0 saturated heterocycles. The number of hydrogen-bond acceptors (Lipinski definition) is 5. The first-order valence-electron chi connectivity index (χ1n) is 12.5. The molecule has 3 N–H and O–H groups in total.